The van der Waals surface area contributed by atoms with Gasteiger partial charge >= 0.3 is 0 Å². The third-order valence-electron chi connectivity index (χ3n) is 3.01. The second-order valence-corrected chi connectivity index (χ2v) is 5.00. The van der Waals surface area contributed by atoms with Crippen LogP contribution in [0.5, 0.6) is 0 Å². The predicted molar refractivity (Wildman–Crippen MR) is 86.7 cm³/mol. The Morgan fingerprint density at radius 1 is 1.09 bits per heavy atom. The first-order valence-corrected chi connectivity index (χ1v) is 7.36. The molecule has 0 saturated carbocycles. The Bertz CT molecular complexity index is 526. The van der Waals surface area contributed by atoms with Gasteiger partial charge in [0.1, 0.15) is 0 Å². The highest BCUT2D eigenvalue weighted by Gasteiger charge is 2.13. The van der Waals surface area contributed by atoms with Crippen molar-refractivity contribution in [3.8, 4) is 0 Å². The normalized spacial score (nSPS) is 9.95. The van der Waals surface area contributed by atoms with Crippen molar-refractivity contribution in [3.05, 3.63) is 24.3 Å². The summed E-state index contributed by atoms with van der Waals surface area (Å²) in [5.74, 6) is -0.345. The van der Waals surface area contributed by atoms with Gasteiger partial charge in [0.15, 0.2) is 0 Å². The molecule has 2 N–H and O–H groups in total. The Balaban J connectivity index is 2.68. The summed E-state index contributed by atoms with van der Waals surface area (Å²) in [6, 6.07) is 6.95. The topological polar surface area (TPSA) is 78.5 Å². The Labute approximate surface area is 130 Å². The summed E-state index contributed by atoms with van der Waals surface area (Å²) in [6.45, 7) is 5.85. The van der Waals surface area contributed by atoms with Gasteiger partial charge < -0.3 is 15.5 Å². The van der Waals surface area contributed by atoms with Crippen molar-refractivity contribution in [2.75, 3.05) is 23.3 Å². The van der Waals surface area contributed by atoms with Crippen molar-refractivity contribution in [2.24, 2.45) is 0 Å². The van der Waals surface area contributed by atoms with Gasteiger partial charge in [-0.1, -0.05) is 6.92 Å². The second-order valence-electron chi connectivity index (χ2n) is 5.00. The first-order valence-electron chi connectivity index (χ1n) is 7.36. The van der Waals surface area contributed by atoms with Crippen molar-refractivity contribution in [1.82, 2.24) is 5.32 Å². The molecule has 0 atom stereocenters. The maximum Gasteiger partial charge on any atom is 0.223 e. The van der Waals surface area contributed by atoms with Crippen molar-refractivity contribution < 1.29 is 14.4 Å². The molecule has 0 aliphatic carbocycles. The van der Waals surface area contributed by atoms with Crippen molar-refractivity contribution >= 4 is 29.1 Å². The second kappa shape index (κ2) is 8.81. The summed E-state index contributed by atoms with van der Waals surface area (Å²) in [4.78, 5) is 35.9. The number of carbonyl (C=O) groups is 3. The number of amides is 3. The molecule has 0 saturated heterocycles. The smallest absolute Gasteiger partial charge is 0.223 e. The summed E-state index contributed by atoms with van der Waals surface area (Å²) < 4.78 is 0. The number of nitrogens with one attached hydrogen (secondary N) is 2. The van der Waals surface area contributed by atoms with Crippen LogP contribution in [0.1, 0.15) is 33.6 Å². The monoisotopic (exact) mass is 305 g/mol. The highest BCUT2D eigenvalue weighted by molar-refractivity contribution is 5.93. The van der Waals surface area contributed by atoms with Gasteiger partial charge in [0.2, 0.25) is 17.7 Å². The molecule has 0 unspecified atom stereocenters. The molecular weight excluding hydrogens is 282 g/mol. The van der Waals surface area contributed by atoms with Crippen LogP contribution in [0.3, 0.4) is 0 Å². The summed E-state index contributed by atoms with van der Waals surface area (Å²) in [7, 11) is 0. The largest absolute Gasteiger partial charge is 0.356 e. The van der Waals surface area contributed by atoms with E-state index >= 15 is 0 Å². The molecular formula is C16H23N3O3. The number of nitrogens with zero attached hydrogens (tertiary/aromatic N) is 1. The van der Waals surface area contributed by atoms with Gasteiger partial charge in [-0.15, -0.1) is 0 Å². The molecule has 120 valence electrons. The van der Waals surface area contributed by atoms with Crippen LogP contribution in [0.25, 0.3) is 0 Å². The maximum atomic E-state index is 11.8. The standard InChI is InChI=1S/C16H23N3O3/c1-4-10-17-16(22)9-11-19(13(3)21)15-7-5-14(6-8-15)18-12(2)20/h5-8H,4,9-11H2,1-3H3,(H,17,22)(H,18,20). The van der Waals surface area contributed by atoms with Crippen molar-refractivity contribution in [1.29, 1.82) is 0 Å². The molecule has 0 aliphatic rings. The summed E-state index contributed by atoms with van der Waals surface area (Å²) in [6.07, 6.45) is 1.14. The molecule has 1 aromatic carbocycles. The fourth-order valence-electron chi connectivity index (χ4n) is 1.96. The molecule has 6 nitrogen and oxygen atoms in total. The van der Waals surface area contributed by atoms with E-state index in [1.165, 1.54) is 13.8 Å². The number of anilines is 2. The van der Waals surface area contributed by atoms with Crippen LogP contribution in [0, 0.1) is 0 Å². The number of rotatable bonds is 7. The molecule has 0 fully saturated rings. The van der Waals surface area contributed by atoms with Crippen LogP contribution in [-0.4, -0.2) is 30.8 Å². The minimum Gasteiger partial charge on any atom is -0.356 e. The first kappa shape index (κ1) is 17.7. The van der Waals surface area contributed by atoms with E-state index in [0.29, 0.717) is 24.5 Å². The molecule has 6 heteroatoms. The van der Waals surface area contributed by atoms with Gasteiger partial charge in [-0.3, -0.25) is 14.4 Å². The Kier molecular flexibility index (Phi) is 7.08. The quantitative estimate of drug-likeness (QED) is 0.807. The van der Waals surface area contributed by atoms with E-state index in [1.807, 2.05) is 6.92 Å². The molecule has 0 heterocycles. The lowest BCUT2D eigenvalue weighted by atomic mass is 10.2. The van der Waals surface area contributed by atoms with Crippen LogP contribution >= 0.6 is 0 Å². The lowest BCUT2D eigenvalue weighted by molar-refractivity contribution is -0.121. The van der Waals surface area contributed by atoms with E-state index in [-0.39, 0.29) is 24.1 Å². The molecule has 0 aliphatic heterocycles. The summed E-state index contributed by atoms with van der Waals surface area (Å²) in [5, 5.41) is 5.45. The minimum atomic E-state index is -0.149. The van der Waals surface area contributed by atoms with Gasteiger partial charge in [0.05, 0.1) is 0 Å². The molecule has 0 aromatic heterocycles. The zero-order valence-corrected chi connectivity index (χ0v) is 13.3. The molecule has 0 spiro atoms. The van der Waals surface area contributed by atoms with Gasteiger partial charge in [0, 0.05) is 44.7 Å². The van der Waals surface area contributed by atoms with E-state index in [4.69, 9.17) is 0 Å². The van der Waals surface area contributed by atoms with E-state index in [9.17, 15) is 14.4 Å². The molecule has 22 heavy (non-hydrogen) atoms. The van der Waals surface area contributed by atoms with Gasteiger partial charge in [-0.05, 0) is 30.7 Å². The van der Waals surface area contributed by atoms with E-state index in [0.717, 1.165) is 6.42 Å². The van der Waals surface area contributed by atoms with Crippen LogP contribution < -0.4 is 15.5 Å². The lowest BCUT2D eigenvalue weighted by Crippen LogP contribution is -2.34. The third kappa shape index (κ3) is 5.95. The third-order valence-corrected chi connectivity index (χ3v) is 3.01. The van der Waals surface area contributed by atoms with Crippen molar-refractivity contribution in [3.63, 3.8) is 0 Å². The highest BCUT2D eigenvalue weighted by Crippen LogP contribution is 2.18. The van der Waals surface area contributed by atoms with Crippen LogP contribution in [0.2, 0.25) is 0 Å². The lowest BCUT2D eigenvalue weighted by Gasteiger charge is -2.21. The fraction of sp³-hybridized carbons (Fsp3) is 0.438. The Hall–Kier alpha value is -2.37. The molecule has 3 amide bonds. The van der Waals surface area contributed by atoms with Crippen molar-refractivity contribution in [2.45, 2.75) is 33.6 Å². The summed E-state index contributed by atoms with van der Waals surface area (Å²) in [5.41, 5.74) is 1.37. The molecule has 1 aromatic rings. The first-order chi connectivity index (χ1) is 10.4. The highest BCUT2D eigenvalue weighted by atomic mass is 16.2. The van der Waals surface area contributed by atoms with Gasteiger partial charge in [-0.25, -0.2) is 0 Å². The molecule has 0 bridgehead atoms. The Morgan fingerprint density at radius 3 is 2.23 bits per heavy atom. The van der Waals surface area contributed by atoms with E-state index < -0.39 is 0 Å². The van der Waals surface area contributed by atoms with Gasteiger partial charge in [0.25, 0.3) is 0 Å². The number of hydrogen-bond donors (Lipinski definition) is 2. The molecule has 1 rings (SSSR count). The Morgan fingerprint density at radius 2 is 1.73 bits per heavy atom. The number of hydrogen-bond acceptors (Lipinski definition) is 3. The van der Waals surface area contributed by atoms with Gasteiger partial charge in [-0.2, -0.15) is 0 Å². The zero-order chi connectivity index (χ0) is 16.5. The average molecular weight is 305 g/mol. The number of benzene rings is 1. The average Bonchev–Trinajstić information content (AvgIpc) is 2.46. The zero-order valence-electron chi connectivity index (χ0n) is 13.3. The molecule has 0 radical (unpaired) electrons. The fourth-order valence-corrected chi connectivity index (χ4v) is 1.96. The van der Waals surface area contributed by atoms with Crippen LogP contribution in [0.4, 0.5) is 11.4 Å². The number of carbonyl (C=O) groups excluding carboxylic acids is 3. The summed E-state index contributed by atoms with van der Waals surface area (Å²) >= 11 is 0. The van der Waals surface area contributed by atoms with E-state index in [2.05, 4.69) is 10.6 Å². The SMILES string of the molecule is CCCNC(=O)CCN(C(C)=O)c1ccc(NC(C)=O)cc1. The van der Waals surface area contributed by atoms with Crippen LogP contribution in [-0.2, 0) is 14.4 Å². The predicted octanol–water partition coefficient (Wildman–Crippen LogP) is 1.91. The minimum absolute atomic E-state index is 0.0667. The van der Waals surface area contributed by atoms with Crippen LogP contribution in [0.15, 0.2) is 24.3 Å². The maximum absolute atomic E-state index is 11.8. The van der Waals surface area contributed by atoms with E-state index in [1.54, 1.807) is 29.2 Å².